The van der Waals surface area contributed by atoms with Crippen LogP contribution in [-0.4, -0.2) is 12.6 Å². The quantitative estimate of drug-likeness (QED) is 0.475. The Labute approximate surface area is 103 Å². The first-order chi connectivity index (χ1) is 7.98. The van der Waals surface area contributed by atoms with E-state index in [1.165, 1.54) is 18.4 Å². The smallest absolute Gasteiger partial charge is 0.313 e. The van der Waals surface area contributed by atoms with Gasteiger partial charge in [-0.05, 0) is 36.5 Å². The minimum absolute atomic E-state index is 0.0399. The summed E-state index contributed by atoms with van der Waals surface area (Å²) in [6.45, 7) is 7.58. The van der Waals surface area contributed by atoms with Crippen molar-refractivity contribution >= 4 is 5.97 Å². The third-order valence-electron chi connectivity index (χ3n) is 4.94. The molecule has 1 aliphatic heterocycles. The van der Waals surface area contributed by atoms with Crippen LogP contribution in [0.4, 0.5) is 0 Å². The van der Waals surface area contributed by atoms with Crippen LogP contribution in [0.2, 0.25) is 0 Å². The van der Waals surface area contributed by atoms with E-state index in [2.05, 4.69) is 26.8 Å². The normalized spacial score (nSPS) is 43.5. The maximum Gasteiger partial charge on any atom is 0.313 e. The number of hydrogen-bond donors (Lipinski definition) is 0. The summed E-state index contributed by atoms with van der Waals surface area (Å²) in [6.07, 6.45) is 5.99. The highest BCUT2D eigenvalue weighted by Gasteiger charge is 2.48. The topological polar surface area (TPSA) is 26.3 Å². The predicted octanol–water partition coefficient (Wildman–Crippen LogP) is 3.18. The highest BCUT2D eigenvalue weighted by molar-refractivity contribution is 5.78. The van der Waals surface area contributed by atoms with E-state index in [-0.39, 0.29) is 17.3 Å². The highest BCUT2D eigenvalue weighted by Crippen LogP contribution is 2.52. The van der Waals surface area contributed by atoms with E-state index in [1.807, 2.05) is 0 Å². The minimum Gasteiger partial charge on any atom is -0.465 e. The molecule has 1 saturated carbocycles. The van der Waals surface area contributed by atoms with Crippen LogP contribution in [0.15, 0.2) is 11.6 Å². The first-order valence-corrected chi connectivity index (χ1v) is 6.87. The van der Waals surface area contributed by atoms with Crippen molar-refractivity contribution in [2.45, 2.75) is 40.0 Å². The van der Waals surface area contributed by atoms with Gasteiger partial charge in [0.2, 0.25) is 0 Å². The fraction of sp³-hybridized carbons (Fsp3) is 0.800. The van der Waals surface area contributed by atoms with Gasteiger partial charge in [-0.15, -0.1) is 0 Å². The van der Waals surface area contributed by atoms with Crippen LogP contribution in [0.25, 0.3) is 0 Å². The second-order valence-corrected chi connectivity index (χ2v) is 6.87. The summed E-state index contributed by atoms with van der Waals surface area (Å²) in [6, 6.07) is 0. The van der Waals surface area contributed by atoms with Crippen molar-refractivity contribution in [3.63, 3.8) is 0 Å². The Kier molecular flexibility index (Phi) is 2.39. The monoisotopic (exact) mass is 234 g/mol. The molecule has 2 fully saturated rings. The first kappa shape index (κ1) is 11.3. The Bertz CT molecular complexity index is 380. The van der Waals surface area contributed by atoms with Gasteiger partial charge in [-0.25, -0.2) is 0 Å². The zero-order chi connectivity index (χ0) is 12.2. The van der Waals surface area contributed by atoms with E-state index in [0.717, 1.165) is 12.3 Å². The van der Waals surface area contributed by atoms with Gasteiger partial charge >= 0.3 is 5.97 Å². The molecule has 0 amide bonds. The molecule has 0 bridgehead atoms. The molecule has 0 N–H and O–H groups in total. The number of fused-ring (bicyclic) bond motifs is 3. The Morgan fingerprint density at radius 2 is 2.12 bits per heavy atom. The van der Waals surface area contributed by atoms with E-state index in [9.17, 15) is 4.79 Å². The maximum absolute atomic E-state index is 12.0. The van der Waals surface area contributed by atoms with Crippen molar-refractivity contribution in [1.82, 2.24) is 0 Å². The third-order valence-corrected chi connectivity index (χ3v) is 4.94. The molecule has 17 heavy (non-hydrogen) atoms. The van der Waals surface area contributed by atoms with Crippen LogP contribution < -0.4 is 0 Å². The molecule has 2 nitrogen and oxygen atoms in total. The molecular weight excluding hydrogens is 212 g/mol. The molecule has 2 heteroatoms. The van der Waals surface area contributed by atoms with Crippen LogP contribution in [-0.2, 0) is 9.53 Å². The van der Waals surface area contributed by atoms with Gasteiger partial charge in [0.15, 0.2) is 0 Å². The summed E-state index contributed by atoms with van der Waals surface area (Å²) in [4.78, 5) is 12.0. The van der Waals surface area contributed by atoms with E-state index in [1.54, 1.807) is 0 Å². The standard InChI is InChI=1S/C15H22O2/c1-9-4-5-10-8-17-14(16)13(10)12-7-15(2,3)6-11(9)12/h7,9-11,13H,4-6,8H2,1-3H3/t9-,10+,11+,13-/m0/s1. The molecule has 3 aliphatic rings. The van der Waals surface area contributed by atoms with Gasteiger partial charge in [0.05, 0.1) is 12.5 Å². The van der Waals surface area contributed by atoms with Crippen LogP contribution in [0.1, 0.15) is 40.0 Å². The number of rotatable bonds is 0. The van der Waals surface area contributed by atoms with Crippen molar-refractivity contribution < 1.29 is 9.53 Å². The summed E-state index contributed by atoms with van der Waals surface area (Å²) in [5.74, 6) is 1.92. The van der Waals surface area contributed by atoms with Crippen molar-refractivity contribution in [1.29, 1.82) is 0 Å². The van der Waals surface area contributed by atoms with Gasteiger partial charge in [-0.1, -0.05) is 32.4 Å². The van der Waals surface area contributed by atoms with Crippen molar-refractivity contribution in [2.75, 3.05) is 6.61 Å². The van der Waals surface area contributed by atoms with Gasteiger partial charge in [-0.3, -0.25) is 4.79 Å². The Morgan fingerprint density at radius 3 is 2.88 bits per heavy atom. The third kappa shape index (κ3) is 1.73. The van der Waals surface area contributed by atoms with Crippen LogP contribution in [0.3, 0.4) is 0 Å². The van der Waals surface area contributed by atoms with Crippen LogP contribution >= 0.6 is 0 Å². The molecule has 2 aliphatic carbocycles. The summed E-state index contributed by atoms with van der Waals surface area (Å²) in [7, 11) is 0. The first-order valence-electron chi connectivity index (χ1n) is 6.87. The van der Waals surface area contributed by atoms with Crippen molar-refractivity contribution in [3.8, 4) is 0 Å². The van der Waals surface area contributed by atoms with Crippen LogP contribution in [0.5, 0.6) is 0 Å². The number of carbonyl (C=O) groups excluding carboxylic acids is 1. The summed E-state index contributed by atoms with van der Waals surface area (Å²) < 4.78 is 5.29. The lowest BCUT2D eigenvalue weighted by molar-refractivity contribution is -0.140. The van der Waals surface area contributed by atoms with E-state index in [0.29, 0.717) is 18.4 Å². The van der Waals surface area contributed by atoms with Gasteiger partial charge in [0, 0.05) is 5.92 Å². The van der Waals surface area contributed by atoms with Crippen LogP contribution in [0, 0.1) is 29.1 Å². The SMILES string of the molecule is C[C@H]1CC[C@@H]2COC(=O)[C@@H]2C2=CC(C)(C)C[C@@H]21. The van der Waals surface area contributed by atoms with E-state index < -0.39 is 0 Å². The molecule has 4 atom stereocenters. The molecular formula is C15H22O2. The molecule has 0 aromatic rings. The molecule has 3 rings (SSSR count). The van der Waals surface area contributed by atoms with E-state index >= 15 is 0 Å². The van der Waals surface area contributed by atoms with Crippen molar-refractivity contribution in [3.05, 3.63) is 11.6 Å². The lowest BCUT2D eigenvalue weighted by Crippen LogP contribution is -2.20. The molecule has 94 valence electrons. The largest absolute Gasteiger partial charge is 0.465 e. The number of carbonyl (C=O) groups is 1. The number of cyclic esters (lactones) is 1. The summed E-state index contributed by atoms with van der Waals surface area (Å²) >= 11 is 0. The summed E-state index contributed by atoms with van der Waals surface area (Å²) in [5.41, 5.74) is 1.67. The zero-order valence-corrected chi connectivity index (χ0v) is 11.0. The zero-order valence-electron chi connectivity index (χ0n) is 11.0. The average Bonchev–Trinajstić information content (AvgIpc) is 2.72. The molecule has 0 aromatic heterocycles. The van der Waals surface area contributed by atoms with Gasteiger partial charge in [-0.2, -0.15) is 0 Å². The Morgan fingerprint density at radius 1 is 1.35 bits per heavy atom. The Balaban J connectivity index is 2.01. The molecule has 1 heterocycles. The second kappa shape index (κ2) is 3.60. The molecule has 1 saturated heterocycles. The fourth-order valence-corrected chi connectivity index (χ4v) is 4.06. The lowest BCUT2D eigenvalue weighted by Gasteiger charge is -2.23. The Hall–Kier alpha value is -0.790. The maximum atomic E-state index is 12.0. The predicted molar refractivity (Wildman–Crippen MR) is 66.3 cm³/mol. The molecule has 0 spiro atoms. The van der Waals surface area contributed by atoms with Gasteiger partial charge in [0.25, 0.3) is 0 Å². The molecule has 0 radical (unpaired) electrons. The number of allylic oxidation sites excluding steroid dienone is 1. The van der Waals surface area contributed by atoms with Gasteiger partial charge in [0.1, 0.15) is 0 Å². The van der Waals surface area contributed by atoms with Gasteiger partial charge < -0.3 is 4.74 Å². The number of ether oxygens (including phenoxy) is 1. The highest BCUT2D eigenvalue weighted by atomic mass is 16.5. The van der Waals surface area contributed by atoms with Crippen molar-refractivity contribution in [2.24, 2.45) is 29.1 Å². The summed E-state index contributed by atoms with van der Waals surface area (Å²) in [5, 5.41) is 0. The second-order valence-electron chi connectivity index (χ2n) is 6.87. The number of esters is 1. The van der Waals surface area contributed by atoms with E-state index in [4.69, 9.17) is 4.74 Å². The molecule has 0 aromatic carbocycles. The average molecular weight is 234 g/mol. The minimum atomic E-state index is 0.0399. The lowest BCUT2D eigenvalue weighted by atomic mass is 9.80. The molecule has 0 unspecified atom stereocenters. The fourth-order valence-electron chi connectivity index (χ4n) is 4.06. The number of hydrogen-bond acceptors (Lipinski definition) is 2.